The second-order valence-electron chi connectivity index (χ2n) is 7.40. The predicted octanol–water partition coefficient (Wildman–Crippen LogP) is 5.75. The van der Waals surface area contributed by atoms with Crippen molar-refractivity contribution in [1.29, 1.82) is 0 Å². The molecule has 1 N–H and O–H groups in total. The molecule has 3 aromatic rings. The minimum atomic E-state index is 0.312. The zero-order valence-electron chi connectivity index (χ0n) is 16.7. The van der Waals surface area contributed by atoms with E-state index in [0.717, 1.165) is 47.9 Å². The van der Waals surface area contributed by atoms with Crippen LogP contribution in [-0.2, 0) is 19.4 Å². The van der Waals surface area contributed by atoms with Crippen LogP contribution in [0.25, 0.3) is 0 Å². The Morgan fingerprint density at radius 1 is 0.966 bits per heavy atom. The normalized spacial score (nSPS) is 15.6. The molecule has 3 nitrogen and oxygen atoms in total. The van der Waals surface area contributed by atoms with Gasteiger partial charge in [0.2, 0.25) is 0 Å². The van der Waals surface area contributed by atoms with Gasteiger partial charge in [0, 0.05) is 11.1 Å². The molecule has 4 rings (SSSR count). The number of hydrogen-bond acceptors (Lipinski definition) is 3. The number of ether oxygens (including phenoxy) is 2. The molecule has 0 bridgehead atoms. The van der Waals surface area contributed by atoms with Gasteiger partial charge in [-0.05, 0) is 72.3 Å². The number of aryl methyl sites for hydroxylation is 1. The van der Waals surface area contributed by atoms with Crippen LogP contribution in [0.4, 0.5) is 0 Å². The van der Waals surface area contributed by atoms with Crippen LogP contribution in [0.3, 0.4) is 0 Å². The highest BCUT2D eigenvalue weighted by Crippen LogP contribution is 2.37. The zero-order valence-corrected chi connectivity index (χ0v) is 17.4. The number of methoxy groups -OCH3 is 1. The summed E-state index contributed by atoms with van der Waals surface area (Å²) in [6.45, 7) is 1.51. The third-order valence-electron chi connectivity index (χ3n) is 5.46. The molecule has 0 amide bonds. The molecule has 29 heavy (non-hydrogen) atoms. The molecule has 0 saturated carbocycles. The van der Waals surface area contributed by atoms with E-state index in [0.29, 0.717) is 12.6 Å². The molecule has 0 spiro atoms. The van der Waals surface area contributed by atoms with Crippen LogP contribution in [-0.4, -0.2) is 13.7 Å². The van der Waals surface area contributed by atoms with Crippen molar-refractivity contribution in [2.45, 2.75) is 31.9 Å². The van der Waals surface area contributed by atoms with E-state index in [2.05, 4.69) is 41.7 Å². The van der Waals surface area contributed by atoms with Gasteiger partial charge in [-0.15, -0.1) is 0 Å². The molecular weight excluding hydrogens is 382 g/mol. The van der Waals surface area contributed by atoms with Gasteiger partial charge in [0.15, 0.2) is 11.5 Å². The summed E-state index contributed by atoms with van der Waals surface area (Å²) >= 11 is 6.00. The van der Waals surface area contributed by atoms with Crippen molar-refractivity contribution >= 4 is 11.6 Å². The maximum absolute atomic E-state index is 6.10. The van der Waals surface area contributed by atoms with Crippen LogP contribution in [0.15, 0.2) is 66.7 Å². The molecule has 0 fully saturated rings. The lowest BCUT2D eigenvalue weighted by molar-refractivity contribution is 0.283. The van der Waals surface area contributed by atoms with Crippen LogP contribution in [0, 0.1) is 0 Å². The smallest absolute Gasteiger partial charge is 0.161 e. The second kappa shape index (κ2) is 9.34. The van der Waals surface area contributed by atoms with Gasteiger partial charge in [-0.25, -0.2) is 0 Å². The Morgan fingerprint density at radius 2 is 1.76 bits per heavy atom. The zero-order chi connectivity index (χ0) is 20.1. The van der Waals surface area contributed by atoms with Gasteiger partial charge in [0.25, 0.3) is 0 Å². The number of fused-ring (bicyclic) bond motifs is 1. The Balaban J connectivity index is 1.50. The Bertz CT molecular complexity index is 941. The van der Waals surface area contributed by atoms with Crippen molar-refractivity contribution in [3.8, 4) is 11.5 Å². The number of halogens is 1. The van der Waals surface area contributed by atoms with E-state index in [1.54, 1.807) is 7.11 Å². The number of nitrogens with one attached hydrogen (secondary N) is 1. The molecule has 1 unspecified atom stereocenters. The molecule has 1 aliphatic rings. The second-order valence-corrected chi connectivity index (χ2v) is 7.83. The van der Waals surface area contributed by atoms with Crippen LogP contribution >= 0.6 is 11.6 Å². The minimum Gasteiger partial charge on any atom is -0.493 e. The van der Waals surface area contributed by atoms with Crippen molar-refractivity contribution in [3.63, 3.8) is 0 Å². The third kappa shape index (κ3) is 4.92. The summed E-state index contributed by atoms with van der Waals surface area (Å²) in [5.74, 6) is 1.60. The van der Waals surface area contributed by atoms with Crippen LogP contribution in [0.2, 0.25) is 5.02 Å². The summed E-state index contributed by atoms with van der Waals surface area (Å²) in [5, 5.41) is 4.44. The van der Waals surface area contributed by atoms with Gasteiger partial charge < -0.3 is 14.8 Å². The Hall–Kier alpha value is -2.49. The van der Waals surface area contributed by atoms with Crippen LogP contribution < -0.4 is 14.8 Å². The van der Waals surface area contributed by atoms with Gasteiger partial charge in [-0.1, -0.05) is 54.1 Å². The standard InChI is InChI=1S/C25H26ClNO2/c1-28-24-16-22-20(15-25(24)29-17-19-5-3-2-4-6-19)13-14-27-23(22)12-9-18-7-10-21(26)11-8-18/h2-8,10-11,15-16,23,27H,9,12-14,17H2,1H3. The topological polar surface area (TPSA) is 30.5 Å². The van der Waals surface area contributed by atoms with E-state index in [1.807, 2.05) is 30.3 Å². The molecule has 1 heterocycles. The maximum atomic E-state index is 6.10. The van der Waals surface area contributed by atoms with Gasteiger partial charge in [0.1, 0.15) is 6.61 Å². The Morgan fingerprint density at radius 3 is 2.52 bits per heavy atom. The molecular formula is C25H26ClNO2. The number of hydrogen-bond donors (Lipinski definition) is 1. The van der Waals surface area contributed by atoms with Gasteiger partial charge in [-0.2, -0.15) is 0 Å². The van der Waals surface area contributed by atoms with Gasteiger partial charge in [0.05, 0.1) is 7.11 Å². The van der Waals surface area contributed by atoms with E-state index >= 15 is 0 Å². The lowest BCUT2D eigenvalue weighted by Crippen LogP contribution is -2.30. The lowest BCUT2D eigenvalue weighted by Gasteiger charge is -2.28. The summed E-state index contributed by atoms with van der Waals surface area (Å²) in [5.41, 5.74) is 5.11. The Kier molecular flexibility index (Phi) is 6.38. The molecule has 0 saturated heterocycles. The SMILES string of the molecule is COc1cc2c(cc1OCc1ccccc1)CCNC2CCc1ccc(Cl)cc1. The van der Waals surface area contributed by atoms with E-state index in [4.69, 9.17) is 21.1 Å². The number of benzene rings is 3. The third-order valence-corrected chi connectivity index (χ3v) is 5.71. The fraction of sp³-hybridized carbons (Fsp3) is 0.280. The summed E-state index contributed by atoms with van der Waals surface area (Å²) in [4.78, 5) is 0. The quantitative estimate of drug-likeness (QED) is 0.541. The molecule has 0 aliphatic carbocycles. The van der Waals surface area contributed by atoms with Crippen molar-refractivity contribution < 1.29 is 9.47 Å². The molecule has 1 aliphatic heterocycles. The van der Waals surface area contributed by atoms with Crippen LogP contribution in [0.5, 0.6) is 11.5 Å². The monoisotopic (exact) mass is 407 g/mol. The first-order chi connectivity index (χ1) is 14.2. The lowest BCUT2D eigenvalue weighted by atomic mass is 9.90. The van der Waals surface area contributed by atoms with Crippen molar-refractivity contribution in [2.75, 3.05) is 13.7 Å². The molecule has 150 valence electrons. The average molecular weight is 408 g/mol. The van der Waals surface area contributed by atoms with E-state index < -0.39 is 0 Å². The van der Waals surface area contributed by atoms with E-state index in [9.17, 15) is 0 Å². The average Bonchev–Trinajstić information content (AvgIpc) is 2.77. The van der Waals surface area contributed by atoms with Gasteiger partial charge >= 0.3 is 0 Å². The number of rotatable bonds is 7. The summed E-state index contributed by atoms with van der Waals surface area (Å²) in [7, 11) is 1.70. The highest BCUT2D eigenvalue weighted by molar-refractivity contribution is 6.30. The van der Waals surface area contributed by atoms with E-state index in [1.165, 1.54) is 16.7 Å². The predicted molar refractivity (Wildman–Crippen MR) is 118 cm³/mol. The molecule has 3 aromatic carbocycles. The molecule has 0 aromatic heterocycles. The fourth-order valence-electron chi connectivity index (χ4n) is 3.88. The first-order valence-electron chi connectivity index (χ1n) is 10.1. The van der Waals surface area contributed by atoms with Crippen molar-refractivity contribution in [2.24, 2.45) is 0 Å². The first-order valence-corrected chi connectivity index (χ1v) is 10.5. The van der Waals surface area contributed by atoms with Crippen molar-refractivity contribution in [3.05, 3.63) is 94.0 Å². The summed E-state index contributed by atoms with van der Waals surface area (Å²) < 4.78 is 11.8. The summed E-state index contributed by atoms with van der Waals surface area (Å²) in [6, 6.07) is 23.0. The molecule has 4 heteroatoms. The fourth-order valence-corrected chi connectivity index (χ4v) is 4.00. The van der Waals surface area contributed by atoms with E-state index in [-0.39, 0.29) is 0 Å². The first kappa shape index (κ1) is 19.8. The van der Waals surface area contributed by atoms with Crippen molar-refractivity contribution in [1.82, 2.24) is 5.32 Å². The Labute approximate surface area is 177 Å². The molecule has 0 radical (unpaired) electrons. The maximum Gasteiger partial charge on any atom is 0.161 e. The highest BCUT2D eigenvalue weighted by Gasteiger charge is 2.22. The van der Waals surface area contributed by atoms with Crippen LogP contribution in [0.1, 0.15) is 34.7 Å². The van der Waals surface area contributed by atoms with Gasteiger partial charge in [-0.3, -0.25) is 0 Å². The molecule has 1 atom stereocenters. The largest absolute Gasteiger partial charge is 0.493 e. The highest BCUT2D eigenvalue weighted by atomic mass is 35.5. The summed E-state index contributed by atoms with van der Waals surface area (Å²) in [6.07, 6.45) is 3.03. The minimum absolute atomic E-state index is 0.312.